The van der Waals surface area contributed by atoms with Crippen LogP contribution in [0.5, 0.6) is 0 Å². The number of halogens is 2. The van der Waals surface area contributed by atoms with Crippen LogP contribution < -0.4 is 9.62 Å². The summed E-state index contributed by atoms with van der Waals surface area (Å²) < 4.78 is 53.1. The van der Waals surface area contributed by atoms with E-state index >= 15 is 0 Å². The number of nitrogens with zero attached hydrogens (tertiary/aromatic N) is 2. The van der Waals surface area contributed by atoms with Crippen molar-refractivity contribution >= 4 is 27.5 Å². The van der Waals surface area contributed by atoms with Gasteiger partial charge in [-0.25, -0.2) is 17.2 Å². The Bertz CT molecular complexity index is 1080. The molecule has 0 saturated heterocycles. The maximum absolute atomic E-state index is 14.3. The first kappa shape index (κ1) is 26.2. The van der Waals surface area contributed by atoms with Crippen LogP contribution in [-0.4, -0.2) is 50.5 Å². The number of para-hydroxylation sites is 1. The largest absolute Gasteiger partial charge is 0.354 e. The third-order valence-electron chi connectivity index (χ3n) is 4.92. The molecule has 2 rings (SSSR count). The van der Waals surface area contributed by atoms with Crippen molar-refractivity contribution < 1.29 is 26.8 Å². The molecule has 0 unspecified atom stereocenters. The minimum absolute atomic E-state index is 0.0652. The number of rotatable bonds is 10. The Morgan fingerprint density at radius 1 is 1.00 bits per heavy atom. The second-order valence-corrected chi connectivity index (χ2v) is 10.1. The van der Waals surface area contributed by atoms with Crippen molar-refractivity contribution in [3.05, 3.63) is 65.7 Å². The van der Waals surface area contributed by atoms with E-state index in [1.54, 1.807) is 0 Å². The number of nitrogens with one attached hydrogen (secondary N) is 1. The highest BCUT2D eigenvalue weighted by atomic mass is 32.2. The highest BCUT2D eigenvalue weighted by molar-refractivity contribution is 7.92. The van der Waals surface area contributed by atoms with Crippen LogP contribution in [0.1, 0.15) is 26.3 Å². The van der Waals surface area contributed by atoms with E-state index in [1.807, 2.05) is 13.8 Å². The predicted octanol–water partition coefficient (Wildman–Crippen LogP) is 2.92. The van der Waals surface area contributed by atoms with E-state index in [0.717, 1.165) is 12.3 Å². The summed E-state index contributed by atoms with van der Waals surface area (Å²) in [5, 5.41) is 2.75. The Kier molecular flexibility index (Phi) is 8.92. The molecule has 0 saturated carbocycles. The first-order valence-electron chi connectivity index (χ1n) is 10.4. The van der Waals surface area contributed by atoms with E-state index in [0.29, 0.717) is 16.4 Å². The van der Waals surface area contributed by atoms with E-state index in [-0.39, 0.29) is 18.2 Å². The molecule has 2 aromatic carbocycles. The zero-order chi connectivity index (χ0) is 24.8. The number of hydrogen-bond acceptors (Lipinski definition) is 4. The maximum Gasteiger partial charge on any atom is 0.244 e. The van der Waals surface area contributed by atoms with Gasteiger partial charge in [0.2, 0.25) is 21.8 Å². The molecule has 1 N–H and O–H groups in total. The smallest absolute Gasteiger partial charge is 0.244 e. The van der Waals surface area contributed by atoms with Gasteiger partial charge in [-0.1, -0.05) is 38.1 Å². The number of amides is 2. The number of hydrogen-bond donors (Lipinski definition) is 1. The van der Waals surface area contributed by atoms with E-state index in [1.165, 1.54) is 54.3 Å². The summed E-state index contributed by atoms with van der Waals surface area (Å²) in [7, 11) is -4.02. The van der Waals surface area contributed by atoms with Crippen LogP contribution in [0.3, 0.4) is 0 Å². The molecule has 2 amide bonds. The quantitative estimate of drug-likeness (QED) is 0.565. The van der Waals surface area contributed by atoms with Gasteiger partial charge in [-0.15, -0.1) is 0 Å². The van der Waals surface area contributed by atoms with Gasteiger partial charge in [-0.2, -0.15) is 0 Å². The molecule has 0 aliphatic heterocycles. The van der Waals surface area contributed by atoms with Gasteiger partial charge in [0.05, 0.1) is 11.9 Å². The van der Waals surface area contributed by atoms with E-state index in [2.05, 4.69) is 5.32 Å². The molecule has 0 aliphatic carbocycles. The highest BCUT2D eigenvalue weighted by Gasteiger charge is 2.31. The second kappa shape index (κ2) is 11.2. The molecule has 0 radical (unpaired) electrons. The van der Waals surface area contributed by atoms with E-state index in [4.69, 9.17) is 0 Å². The zero-order valence-electron chi connectivity index (χ0n) is 19.1. The Hall–Kier alpha value is -3.01. The second-order valence-electron chi connectivity index (χ2n) is 8.18. The molecule has 180 valence electrons. The lowest BCUT2D eigenvalue weighted by atomic mass is 10.1. The van der Waals surface area contributed by atoms with E-state index in [9.17, 15) is 26.8 Å². The van der Waals surface area contributed by atoms with Crippen molar-refractivity contribution in [2.75, 3.05) is 23.7 Å². The van der Waals surface area contributed by atoms with Gasteiger partial charge in [-0.05, 0) is 42.7 Å². The zero-order valence-corrected chi connectivity index (χ0v) is 19.9. The first-order valence-corrected chi connectivity index (χ1v) is 12.3. The lowest BCUT2D eigenvalue weighted by molar-refractivity contribution is -0.139. The molecule has 0 bridgehead atoms. The lowest BCUT2D eigenvalue weighted by Crippen LogP contribution is -2.51. The molecule has 0 aliphatic rings. The van der Waals surface area contributed by atoms with Crippen molar-refractivity contribution in [1.82, 2.24) is 10.2 Å². The van der Waals surface area contributed by atoms with Crippen molar-refractivity contribution in [3.8, 4) is 0 Å². The summed E-state index contributed by atoms with van der Waals surface area (Å²) in [6.07, 6.45) is 0.871. The summed E-state index contributed by atoms with van der Waals surface area (Å²) in [6.45, 7) is 4.99. The van der Waals surface area contributed by atoms with Gasteiger partial charge < -0.3 is 10.2 Å². The van der Waals surface area contributed by atoms with Gasteiger partial charge in [0.25, 0.3) is 0 Å². The maximum atomic E-state index is 14.3. The SMILES string of the molecule is CC(C)CNC(=O)[C@H](C)N(Cc1ccc(F)cc1)C(=O)CN(c1ccccc1F)S(C)(=O)=O. The number of anilines is 1. The van der Waals surface area contributed by atoms with Crippen molar-refractivity contribution in [2.24, 2.45) is 5.92 Å². The van der Waals surface area contributed by atoms with Gasteiger partial charge >= 0.3 is 0 Å². The molecule has 10 heteroatoms. The fourth-order valence-electron chi connectivity index (χ4n) is 3.07. The Labute approximate surface area is 193 Å². The number of sulfonamides is 1. The van der Waals surface area contributed by atoms with Gasteiger partial charge in [0.15, 0.2) is 0 Å². The number of benzene rings is 2. The first-order chi connectivity index (χ1) is 15.4. The fraction of sp³-hybridized carbons (Fsp3) is 0.391. The van der Waals surface area contributed by atoms with Crippen LogP contribution >= 0.6 is 0 Å². The molecular formula is C23H29F2N3O4S. The Morgan fingerprint density at radius 3 is 2.15 bits per heavy atom. The summed E-state index contributed by atoms with van der Waals surface area (Å²) in [5.41, 5.74) is 0.275. The summed E-state index contributed by atoms with van der Waals surface area (Å²) >= 11 is 0. The highest BCUT2D eigenvalue weighted by Crippen LogP contribution is 2.22. The van der Waals surface area contributed by atoms with Crippen molar-refractivity contribution in [1.29, 1.82) is 0 Å². The monoisotopic (exact) mass is 481 g/mol. The van der Waals surface area contributed by atoms with Crippen LogP contribution in [0, 0.1) is 17.6 Å². The summed E-state index contributed by atoms with van der Waals surface area (Å²) in [5.74, 6) is -2.20. The third kappa shape index (κ3) is 7.52. The minimum Gasteiger partial charge on any atom is -0.354 e. The van der Waals surface area contributed by atoms with Gasteiger partial charge in [0.1, 0.15) is 24.2 Å². The predicted molar refractivity (Wildman–Crippen MR) is 123 cm³/mol. The summed E-state index contributed by atoms with van der Waals surface area (Å²) in [4.78, 5) is 27.2. The molecule has 7 nitrogen and oxygen atoms in total. The lowest BCUT2D eigenvalue weighted by Gasteiger charge is -2.31. The average molecular weight is 482 g/mol. The third-order valence-corrected chi connectivity index (χ3v) is 6.04. The molecule has 1 atom stereocenters. The van der Waals surface area contributed by atoms with Crippen molar-refractivity contribution in [3.63, 3.8) is 0 Å². The fourth-order valence-corrected chi connectivity index (χ4v) is 3.92. The van der Waals surface area contributed by atoms with Crippen LogP contribution in [0.25, 0.3) is 0 Å². The molecule has 0 aromatic heterocycles. The van der Waals surface area contributed by atoms with E-state index < -0.39 is 46.1 Å². The normalized spacial score (nSPS) is 12.3. The Morgan fingerprint density at radius 2 is 1.61 bits per heavy atom. The van der Waals surface area contributed by atoms with Crippen LogP contribution in [-0.2, 0) is 26.2 Å². The van der Waals surface area contributed by atoms with Crippen LogP contribution in [0.15, 0.2) is 48.5 Å². The molecular weight excluding hydrogens is 452 g/mol. The van der Waals surface area contributed by atoms with Crippen LogP contribution in [0.4, 0.5) is 14.5 Å². The summed E-state index contributed by atoms with van der Waals surface area (Å²) in [6, 6.07) is 9.65. The molecule has 2 aromatic rings. The standard InChI is InChI=1S/C23H29F2N3O4S/c1-16(2)13-26-23(30)17(3)27(14-18-9-11-19(24)12-10-18)22(29)15-28(33(4,31)32)21-8-6-5-7-20(21)25/h5-12,16-17H,13-15H2,1-4H3,(H,26,30)/t17-/m0/s1. The Balaban J connectivity index is 2.36. The van der Waals surface area contributed by atoms with Gasteiger partial charge in [-0.3, -0.25) is 13.9 Å². The number of carbonyl (C=O) groups excluding carboxylic acids is 2. The molecule has 0 fully saturated rings. The minimum atomic E-state index is -4.02. The average Bonchev–Trinajstić information content (AvgIpc) is 2.74. The molecule has 33 heavy (non-hydrogen) atoms. The molecule has 0 heterocycles. The molecule has 0 spiro atoms. The number of carbonyl (C=O) groups is 2. The van der Waals surface area contributed by atoms with Gasteiger partial charge in [0, 0.05) is 13.1 Å². The topological polar surface area (TPSA) is 86.8 Å². The van der Waals surface area contributed by atoms with Crippen molar-refractivity contribution in [2.45, 2.75) is 33.4 Å². The van der Waals surface area contributed by atoms with Crippen LogP contribution in [0.2, 0.25) is 0 Å².